The largest absolute Gasteiger partial charge is 0.466 e. The summed E-state index contributed by atoms with van der Waals surface area (Å²) in [6, 6.07) is 2.00. The predicted octanol–water partition coefficient (Wildman–Crippen LogP) is 1.21. The molecule has 0 amide bonds. The summed E-state index contributed by atoms with van der Waals surface area (Å²) in [5.41, 5.74) is 2.61. The summed E-state index contributed by atoms with van der Waals surface area (Å²) in [5, 5.41) is 12.4. The van der Waals surface area contributed by atoms with Crippen molar-refractivity contribution in [2.45, 2.75) is 26.7 Å². The van der Waals surface area contributed by atoms with Crippen molar-refractivity contribution in [3.8, 4) is 0 Å². The van der Waals surface area contributed by atoms with Crippen LogP contribution in [-0.2, 0) is 9.53 Å². The van der Waals surface area contributed by atoms with Gasteiger partial charge in [0.15, 0.2) is 0 Å². The third kappa shape index (κ3) is 2.68. The second-order valence-electron chi connectivity index (χ2n) is 5.31. The second-order valence-corrected chi connectivity index (χ2v) is 5.31. The maximum atomic E-state index is 12.0. The minimum Gasteiger partial charge on any atom is -0.466 e. The summed E-state index contributed by atoms with van der Waals surface area (Å²) >= 11 is 0. The molecule has 1 aliphatic heterocycles. The van der Waals surface area contributed by atoms with Crippen LogP contribution in [0.2, 0.25) is 0 Å². The molecule has 1 atom stereocenters. The zero-order valence-corrected chi connectivity index (χ0v) is 12.3. The Morgan fingerprint density at radius 2 is 2.38 bits per heavy atom. The summed E-state index contributed by atoms with van der Waals surface area (Å²) in [4.78, 5) is 14.1. The van der Waals surface area contributed by atoms with Crippen molar-refractivity contribution in [3.05, 3.63) is 18.1 Å². The lowest BCUT2D eigenvalue weighted by atomic mass is 9.98. The van der Waals surface area contributed by atoms with E-state index in [0.29, 0.717) is 13.2 Å². The SMILES string of the molecule is CCOC(=O)C1CCCN(c2cc(C)nn3cnnc23)C1. The van der Waals surface area contributed by atoms with E-state index >= 15 is 0 Å². The van der Waals surface area contributed by atoms with Gasteiger partial charge in [0.2, 0.25) is 5.65 Å². The molecule has 3 heterocycles. The Balaban J connectivity index is 1.88. The molecule has 21 heavy (non-hydrogen) atoms. The van der Waals surface area contributed by atoms with Crippen LogP contribution in [0.5, 0.6) is 0 Å². The molecular formula is C14H19N5O2. The number of carbonyl (C=O) groups excluding carboxylic acids is 1. The third-order valence-electron chi connectivity index (χ3n) is 3.75. The van der Waals surface area contributed by atoms with Crippen molar-refractivity contribution in [2.75, 3.05) is 24.6 Å². The molecule has 0 aliphatic carbocycles. The number of anilines is 1. The number of ether oxygens (including phenoxy) is 1. The van der Waals surface area contributed by atoms with Crippen LogP contribution in [0.15, 0.2) is 12.4 Å². The zero-order valence-electron chi connectivity index (χ0n) is 12.3. The van der Waals surface area contributed by atoms with Gasteiger partial charge in [0.05, 0.1) is 23.9 Å². The Kier molecular flexibility index (Phi) is 3.72. The van der Waals surface area contributed by atoms with Crippen LogP contribution in [0.4, 0.5) is 5.69 Å². The average molecular weight is 289 g/mol. The van der Waals surface area contributed by atoms with Crippen LogP contribution in [0, 0.1) is 12.8 Å². The molecule has 1 saturated heterocycles. The summed E-state index contributed by atoms with van der Waals surface area (Å²) in [5.74, 6) is -0.180. The topological polar surface area (TPSA) is 72.6 Å². The monoisotopic (exact) mass is 289 g/mol. The van der Waals surface area contributed by atoms with Crippen LogP contribution in [0.25, 0.3) is 5.65 Å². The third-order valence-corrected chi connectivity index (χ3v) is 3.75. The molecule has 0 spiro atoms. The van der Waals surface area contributed by atoms with Crippen molar-refractivity contribution in [1.82, 2.24) is 19.8 Å². The first-order chi connectivity index (χ1) is 10.2. The fourth-order valence-electron chi connectivity index (χ4n) is 2.81. The first-order valence-electron chi connectivity index (χ1n) is 7.28. The van der Waals surface area contributed by atoms with E-state index in [1.807, 2.05) is 19.9 Å². The van der Waals surface area contributed by atoms with E-state index in [2.05, 4.69) is 20.2 Å². The number of hydrogen-bond donors (Lipinski definition) is 0. The van der Waals surface area contributed by atoms with Gasteiger partial charge in [-0.3, -0.25) is 4.79 Å². The van der Waals surface area contributed by atoms with Gasteiger partial charge in [-0.05, 0) is 32.8 Å². The van der Waals surface area contributed by atoms with Gasteiger partial charge in [0, 0.05) is 13.1 Å². The Labute approximate surface area is 122 Å². The van der Waals surface area contributed by atoms with E-state index in [9.17, 15) is 4.79 Å². The van der Waals surface area contributed by atoms with Crippen molar-refractivity contribution in [2.24, 2.45) is 5.92 Å². The molecule has 7 nitrogen and oxygen atoms in total. The quantitative estimate of drug-likeness (QED) is 0.791. The van der Waals surface area contributed by atoms with Crippen LogP contribution >= 0.6 is 0 Å². The summed E-state index contributed by atoms with van der Waals surface area (Å²) in [6.45, 7) is 5.77. The fraction of sp³-hybridized carbons (Fsp3) is 0.571. The molecule has 3 rings (SSSR count). The Bertz CT molecular complexity index is 654. The molecular weight excluding hydrogens is 270 g/mol. The van der Waals surface area contributed by atoms with E-state index in [4.69, 9.17) is 4.74 Å². The number of fused-ring (bicyclic) bond motifs is 1. The van der Waals surface area contributed by atoms with Crippen molar-refractivity contribution in [1.29, 1.82) is 0 Å². The number of rotatable bonds is 3. The van der Waals surface area contributed by atoms with Crippen LogP contribution in [0.1, 0.15) is 25.5 Å². The van der Waals surface area contributed by atoms with E-state index in [-0.39, 0.29) is 11.9 Å². The van der Waals surface area contributed by atoms with Gasteiger partial charge < -0.3 is 9.64 Å². The molecule has 0 radical (unpaired) electrons. The average Bonchev–Trinajstić information content (AvgIpc) is 2.95. The molecule has 1 aliphatic rings. The first-order valence-corrected chi connectivity index (χ1v) is 7.28. The molecule has 1 unspecified atom stereocenters. The zero-order chi connectivity index (χ0) is 14.8. The van der Waals surface area contributed by atoms with Crippen LogP contribution in [-0.4, -0.2) is 45.5 Å². The van der Waals surface area contributed by atoms with Gasteiger partial charge in [-0.25, -0.2) is 0 Å². The molecule has 2 aromatic heterocycles. The lowest BCUT2D eigenvalue weighted by Gasteiger charge is -2.33. The Morgan fingerprint density at radius 1 is 1.52 bits per heavy atom. The van der Waals surface area contributed by atoms with Gasteiger partial charge in [-0.15, -0.1) is 10.2 Å². The highest BCUT2D eigenvalue weighted by Crippen LogP contribution is 2.26. The van der Waals surface area contributed by atoms with Crippen LogP contribution in [0.3, 0.4) is 0 Å². The number of esters is 1. The molecule has 0 N–H and O–H groups in total. The smallest absolute Gasteiger partial charge is 0.310 e. The number of carbonyl (C=O) groups is 1. The second kappa shape index (κ2) is 5.67. The number of nitrogens with zero attached hydrogens (tertiary/aromatic N) is 5. The fourth-order valence-corrected chi connectivity index (χ4v) is 2.81. The summed E-state index contributed by atoms with van der Waals surface area (Å²) in [6.07, 6.45) is 3.44. The Morgan fingerprint density at radius 3 is 3.19 bits per heavy atom. The highest BCUT2D eigenvalue weighted by molar-refractivity contribution is 5.75. The van der Waals surface area contributed by atoms with Crippen molar-refractivity contribution >= 4 is 17.3 Å². The van der Waals surface area contributed by atoms with E-state index < -0.39 is 0 Å². The van der Waals surface area contributed by atoms with Gasteiger partial charge in [0.1, 0.15) is 6.33 Å². The maximum Gasteiger partial charge on any atom is 0.310 e. The highest BCUT2D eigenvalue weighted by atomic mass is 16.5. The lowest BCUT2D eigenvalue weighted by molar-refractivity contribution is -0.148. The number of aryl methyl sites for hydroxylation is 1. The van der Waals surface area contributed by atoms with Gasteiger partial charge in [0.25, 0.3) is 0 Å². The van der Waals surface area contributed by atoms with Gasteiger partial charge >= 0.3 is 5.97 Å². The molecule has 1 fully saturated rings. The van der Waals surface area contributed by atoms with Crippen molar-refractivity contribution in [3.63, 3.8) is 0 Å². The normalized spacial score (nSPS) is 19.0. The van der Waals surface area contributed by atoms with Crippen molar-refractivity contribution < 1.29 is 9.53 Å². The lowest BCUT2D eigenvalue weighted by Crippen LogP contribution is -2.39. The predicted molar refractivity (Wildman–Crippen MR) is 77.1 cm³/mol. The summed E-state index contributed by atoms with van der Waals surface area (Å²) < 4.78 is 6.83. The molecule has 2 aromatic rings. The highest BCUT2D eigenvalue weighted by Gasteiger charge is 2.28. The van der Waals surface area contributed by atoms with Gasteiger partial charge in [-0.2, -0.15) is 9.61 Å². The first kappa shape index (κ1) is 13.8. The maximum absolute atomic E-state index is 12.0. The van der Waals surface area contributed by atoms with Crippen LogP contribution < -0.4 is 4.90 Å². The van der Waals surface area contributed by atoms with E-state index in [0.717, 1.165) is 36.4 Å². The molecule has 0 saturated carbocycles. The number of piperidine rings is 1. The molecule has 0 aromatic carbocycles. The minimum atomic E-state index is -0.106. The summed E-state index contributed by atoms with van der Waals surface area (Å²) in [7, 11) is 0. The minimum absolute atomic E-state index is 0.0739. The Hall–Kier alpha value is -2.18. The van der Waals surface area contributed by atoms with E-state index in [1.165, 1.54) is 0 Å². The molecule has 112 valence electrons. The number of hydrogen-bond acceptors (Lipinski definition) is 6. The van der Waals surface area contributed by atoms with Gasteiger partial charge in [-0.1, -0.05) is 0 Å². The number of aromatic nitrogens is 4. The molecule has 0 bridgehead atoms. The van der Waals surface area contributed by atoms with E-state index in [1.54, 1.807) is 10.8 Å². The molecule has 7 heteroatoms. The standard InChI is InChI=1S/C14H19N5O2/c1-3-21-14(20)11-5-4-6-18(8-11)12-7-10(2)17-19-9-15-16-13(12)19/h7,9,11H,3-6,8H2,1-2H3.